The number of benzene rings is 17. The minimum absolute atomic E-state index is 0.0230. The molecular weight excluding hydrogens is 1370 g/mol. The molecule has 0 radical (unpaired) electrons. The van der Waals surface area contributed by atoms with Crippen molar-refractivity contribution in [2.75, 3.05) is 0 Å². The van der Waals surface area contributed by atoms with Crippen LogP contribution in [0.5, 0.6) is 23.0 Å². The molecule has 520 valence electrons. The van der Waals surface area contributed by atoms with Crippen molar-refractivity contribution in [3.8, 4) is 64.8 Å². The van der Waals surface area contributed by atoms with Crippen LogP contribution in [0.4, 0.5) is 0 Å². The normalized spacial score (nSPS) is 12.3. The second kappa shape index (κ2) is 28.3. The molecule has 2 unspecified atom stereocenters. The van der Waals surface area contributed by atoms with Crippen molar-refractivity contribution < 1.29 is 23.6 Å². The Morgan fingerprint density at radius 1 is 0.257 bits per heavy atom. The van der Waals surface area contributed by atoms with Crippen molar-refractivity contribution in [2.45, 2.75) is 38.3 Å². The molecule has 0 aliphatic rings. The monoisotopic (exact) mass is 1440 g/mol. The predicted octanol–water partition coefficient (Wildman–Crippen LogP) is 26.5. The van der Waals surface area contributed by atoms with Gasteiger partial charge in [-0.3, -0.25) is 0 Å². The van der Waals surface area contributed by atoms with Crippen molar-refractivity contribution in [2.24, 2.45) is 0 Å². The van der Waals surface area contributed by atoms with Gasteiger partial charge in [0.2, 0.25) is 0 Å². The molecule has 2 atom stereocenters. The Kier molecular flexibility index (Phi) is 16.9. The fourth-order valence-corrected chi connectivity index (χ4v) is 18.3. The fourth-order valence-electron chi connectivity index (χ4n) is 16.3. The van der Waals surface area contributed by atoms with Crippen molar-refractivity contribution in [1.29, 1.82) is 0 Å². The molecule has 3 heterocycles. The summed E-state index contributed by atoms with van der Waals surface area (Å²) < 4.78 is 31.6. The molecular formula is C100H68N2O5S2. The van der Waals surface area contributed by atoms with Crippen LogP contribution in [-0.2, 0) is 26.4 Å². The molecule has 0 saturated carbocycles. The second-order valence-corrected chi connectivity index (χ2v) is 30.3. The number of hydrogen-bond donors (Lipinski definition) is 0. The molecule has 9 heteroatoms. The summed E-state index contributed by atoms with van der Waals surface area (Å²) in [6, 6.07) is 126. The molecule has 0 aliphatic heterocycles. The standard InChI is InChI=1S/C100H68N2O5S2/c1-3-19-67(20-4-1)93(83-43-41-73-37-35-69-23-11-25-71-39-45-85(83)97(73)95(69)71)77-29-7-15-63(53-77)59-103-79-31-9-17-65(55-79)61-105-81-33-13-27-75(57-81)89-49-51-91(108-89)87-47-48-88(100-99(87)101-107-102-100)92-52-50-90(109-92)76-28-14-34-82(58-76)106-62-66-18-10-32-80(56-66)104-60-64-16-8-30-78(54-64)94(68-21-5-2-6-22-68)84-44-42-74-38-36-70-24-12-26-72-40-46-86(84)98(74)96(70)72/h1-58,93-94H,59-62H2. The van der Waals surface area contributed by atoms with Crippen molar-refractivity contribution in [3.05, 3.63) is 407 Å². The molecule has 0 fully saturated rings. The van der Waals surface area contributed by atoms with Crippen molar-refractivity contribution in [3.63, 3.8) is 0 Å². The topological polar surface area (TPSA) is 75.8 Å². The third kappa shape index (κ3) is 12.7. The summed E-state index contributed by atoms with van der Waals surface area (Å²) in [5.74, 6) is 3.18. The van der Waals surface area contributed by atoms with E-state index in [4.69, 9.17) is 23.6 Å². The lowest BCUT2D eigenvalue weighted by Crippen LogP contribution is -2.06. The average Bonchev–Trinajstić information content (AvgIpc) is 1.09. The third-order valence-electron chi connectivity index (χ3n) is 21.4. The van der Waals surface area contributed by atoms with Crippen LogP contribution >= 0.6 is 22.7 Å². The van der Waals surface area contributed by atoms with Crippen LogP contribution in [0.1, 0.15) is 67.5 Å². The lowest BCUT2D eigenvalue weighted by atomic mass is 9.80. The lowest BCUT2D eigenvalue weighted by Gasteiger charge is -2.23. The first kappa shape index (κ1) is 65.3. The van der Waals surface area contributed by atoms with Crippen LogP contribution in [0.25, 0.3) is 117 Å². The quantitative estimate of drug-likeness (QED) is 0.0494. The summed E-state index contributed by atoms with van der Waals surface area (Å²) in [6.07, 6.45) is 0. The number of hydrogen-bond acceptors (Lipinski definition) is 9. The summed E-state index contributed by atoms with van der Waals surface area (Å²) in [5, 5.41) is 24.4. The highest BCUT2D eigenvalue weighted by Gasteiger charge is 2.25. The minimum Gasteiger partial charge on any atom is -0.489 e. The van der Waals surface area contributed by atoms with Crippen LogP contribution in [0.2, 0.25) is 0 Å². The number of fused-ring (bicyclic) bond motifs is 1. The summed E-state index contributed by atoms with van der Waals surface area (Å²) in [5.41, 5.74) is 17.3. The number of rotatable bonds is 22. The maximum atomic E-state index is 6.55. The molecule has 20 aromatic rings. The molecule has 20 rings (SSSR count). The Bertz CT molecular complexity index is 6300. The van der Waals surface area contributed by atoms with E-state index in [1.807, 2.05) is 48.5 Å². The third-order valence-corrected chi connectivity index (χ3v) is 23.7. The molecule has 7 nitrogen and oxygen atoms in total. The maximum Gasteiger partial charge on any atom is 0.144 e. The van der Waals surface area contributed by atoms with Crippen LogP contribution in [0.15, 0.2) is 356 Å². The van der Waals surface area contributed by atoms with Gasteiger partial charge < -0.3 is 18.9 Å². The van der Waals surface area contributed by atoms with Crippen LogP contribution in [-0.4, -0.2) is 10.3 Å². The van der Waals surface area contributed by atoms with E-state index < -0.39 is 0 Å². The molecule has 0 N–H and O–H groups in total. The minimum atomic E-state index is 0.0230. The summed E-state index contributed by atoms with van der Waals surface area (Å²) in [6.45, 7) is 1.62. The first-order valence-corrected chi connectivity index (χ1v) is 38.6. The number of ether oxygens (including phenoxy) is 4. The summed E-state index contributed by atoms with van der Waals surface area (Å²) in [7, 11) is 0. The zero-order valence-corrected chi connectivity index (χ0v) is 60.9. The van der Waals surface area contributed by atoms with Crippen LogP contribution in [0.3, 0.4) is 0 Å². The van der Waals surface area contributed by atoms with Gasteiger partial charge in [-0.25, -0.2) is 4.63 Å². The highest BCUT2D eigenvalue weighted by Crippen LogP contribution is 2.47. The van der Waals surface area contributed by atoms with Gasteiger partial charge in [0.25, 0.3) is 0 Å². The van der Waals surface area contributed by atoms with Crippen molar-refractivity contribution in [1.82, 2.24) is 10.3 Å². The van der Waals surface area contributed by atoms with E-state index >= 15 is 0 Å². The molecule has 109 heavy (non-hydrogen) atoms. The maximum absolute atomic E-state index is 6.55. The lowest BCUT2D eigenvalue weighted by molar-refractivity contribution is 0.296. The van der Waals surface area contributed by atoms with Gasteiger partial charge in [-0.15, -0.1) is 22.7 Å². The zero-order valence-electron chi connectivity index (χ0n) is 59.2. The first-order chi connectivity index (χ1) is 54.0. The van der Waals surface area contributed by atoms with Crippen LogP contribution in [0, 0.1) is 0 Å². The largest absolute Gasteiger partial charge is 0.489 e. The predicted molar refractivity (Wildman–Crippen MR) is 447 cm³/mol. The van der Waals surface area contributed by atoms with E-state index in [2.05, 4.69) is 314 Å². The highest BCUT2D eigenvalue weighted by molar-refractivity contribution is 7.19. The Morgan fingerprint density at radius 2 is 0.587 bits per heavy atom. The van der Waals surface area contributed by atoms with E-state index in [0.717, 1.165) is 87.0 Å². The molecule has 17 aromatic carbocycles. The van der Waals surface area contributed by atoms with Gasteiger partial charge in [-0.2, -0.15) is 0 Å². The highest BCUT2D eigenvalue weighted by atomic mass is 32.1. The van der Waals surface area contributed by atoms with Gasteiger partial charge in [0, 0.05) is 42.5 Å². The molecule has 0 aliphatic carbocycles. The van der Waals surface area contributed by atoms with E-state index in [9.17, 15) is 0 Å². The zero-order chi connectivity index (χ0) is 72.1. The van der Waals surface area contributed by atoms with Gasteiger partial charge in [0.1, 0.15) is 60.5 Å². The van der Waals surface area contributed by atoms with Gasteiger partial charge in [-0.05, 0) is 215 Å². The Hall–Kier alpha value is -13.2. The fraction of sp³-hybridized carbons (Fsp3) is 0.0600. The SMILES string of the molecule is c1ccc(C(c2cccc(COc3cccc(COc4cccc(-c5ccc(-c6ccc(-c7ccc(-c8cccc(OCc9cccc(OCc%10cccc(C(c%11ccccc%11)c%11ccc%12ccc%13cccc%14ccc%11c%12c%13%14)c%10)c9)c8)s7)c7nonc67)s5)c4)c3)c2)c2ccc3ccc4cccc5ccc2c3c45)cc1. The van der Waals surface area contributed by atoms with E-state index in [-0.39, 0.29) is 11.8 Å². The van der Waals surface area contributed by atoms with E-state index in [1.54, 1.807) is 22.7 Å². The first-order valence-electron chi connectivity index (χ1n) is 36.9. The van der Waals surface area contributed by atoms with Gasteiger partial charge in [0.05, 0.1) is 0 Å². The molecule has 3 aromatic heterocycles. The Morgan fingerprint density at radius 3 is 1.01 bits per heavy atom. The van der Waals surface area contributed by atoms with E-state index in [1.165, 1.54) is 98.0 Å². The number of thiophene rings is 2. The van der Waals surface area contributed by atoms with Gasteiger partial charge in [0.15, 0.2) is 0 Å². The van der Waals surface area contributed by atoms with Crippen molar-refractivity contribution >= 4 is 98.3 Å². The van der Waals surface area contributed by atoms with Gasteiger partial charge in [-0.1, -0.05) is 279 Å². The molecule has 0 bridgehead atoms. The average molecular weight is 1440 g/mol. The second-order valence-electron chi connectivity index (χ2n) is 28.2. The smallest absolute Gasteiger partial charge is 0.144 e. The Balaban J connectivity index is 0.471. The van der Waals surface area contributed by atoms with Gasteiger partial charge >= 0.3 is 0 Å². The molecule has 0 amide bonds. The number of aromatic nitrogens is 2. The van der Waals surface area contributed by atoms with E-state index in [0.29, 0.717) is 37.5 Å². The summed E-state index contributed by atoms with van der Waals surface area (Å²) >= 11 is 3.40. The van der Waals surface area contributed by atoms with Crippen LogP contribution < -0.4 is 18.9 Å². The summed E-state index contributed by atoms with van der Waals surface area (Å²) in [4.78, 5) is 4.34. The number of nitrogens with zero attached hydrogens (tertiary/aromatic N) is 2. The molecule has 0 spiro atoms. The Labute approximate surface area is 638 Å². The molecule has 0 saturated heterocycles.